The molecule has 0 spiro atoms. The summed E-state index contributed by atoms with van der Waals surface area (Å²) in [6, 6.07) is 5.55. The summed E-state index contributed by atoms with van der Waals surface area (Å²) in [6.07, 6.45) is 0.858. The lowest BCUT2D eigenvalue weighted by molar-refractivity contribution is 0.556. The van der Waals surface area contributed by atoms with Gasteiger partial charge in [0, 0.05) is 6.42 Å². The van der Waals surface area contributed by atoms with Crippen LogP contribution in [0.25, 0.3) is 11.1 Å². The number of anilines is 1. The van der Waals surface area contributed by atoms with Crippen molar-refractivity contribution in [2.24, 2.45) is 0 Å². The molecule has 0 radical (unpaired) electrons. The van der Waals surface area contributed by atoms with Gasteiger partial charge in [-0.25, -0.2) is 9.97 Å². The van der Waals surface area contributed by atoms with Crippen LogP contribution in [0.4, 0.5) is 5.69 Å². The molecule has 7 heteroatoms. The number of oxazole rings is 1. The quantitative estimate of drug-likeness (QED) is 0.588. The standard InChI is InChI=1S/C12H12N4OS2/c1-2-9-14-12(19-16-9)18-6-10-15-11-7(13)4-3-5-8(11)17-10/h3-5H,2,6,13H2,1H3. The Morgan fingerprint density at radius 3 is 3.00 bits per heavy atom. The fraction of sp³-hybridized carbons (Fsp3) is 0.250. The summed E-state index contributed by atoms with van der Waals surface area (Å²) in [4.78, 5) is 8.79. The Labute approximate surface area is 118 Å². The number of para-hydroxylation sites is 1. The third-order valence-electron chi connectivity index (χ3n) is 2.58. The van der Waals surface area contributed by atoms with E-state index in [2.05, 4.69) is 14.3 Å². The van der Waals surface area contributed by atoms with Crippen molar-refractivity contribution in [1.29, 1.82) is 0 Å². The van der Waals surface area contributed by atoms with Gasteiger partial charge in [-0.2, -0.15) is 4.37 Å². The Bertz CT molecular complexity index is 707. The van der Waals surface area contributed by atoms with Crippen molar-refractivity contribution in [2.75, 3.05) is 5.73 Å². The fourth-order valence-corrected chi connectivity index (χ4v) is 3.18. The topological polar surface area (TPSA) is 77.8 Å². The van der Waals surface area contributed by atoms with E-state index in [1.807, 2.05) is 25.1 Å². The van der Waals surface area contributed by atoms with Crippen molar-refractivity contribution in [3.63, 3.8) is 0 Å². The molecule has 0 aliphatic heterocycles. The summed E-state index contributed by atoms with van der Waals surface area (Å²) < 4.78 is 10.8. The maximum absolute atomic E-state index is 5.85. The van der Waals surface area contributed by atoms with Gasteiger partial charge in [-0.05, 0) is 23.7 Å². The number of nitrogens with zero attached hydrogens (tertiary/aromatic N) is 3. The number of hydrogen-bond acceptors (Lipinski definition) is 7. The molecule has 19 heavy (non-hydrogen) atoms. The molecule has 0 saturated heterocycles. The molecule has 3 aromatic rings. The molecule has 0 fully saturated rings. The van der Waals surface area contributed by atoms with Gasteiger partial charge in [0.05, 0.1) is 11.4 Å². The van der Waals surface area contributed by atoms with E-state index < -0.39 is 0 Å². The molecule has 0 atom stereocenters. The maximum Gasteiger partial charge on any atom is 0.206 e. The van der Waals surface area contributed by atoms with E-state index in [0.29, 0.717) is 17.3 Å². The van der Waals surface area contributed by atoms with E-state index in [1.54, 1.807) is 11.8 Å². The van der Waals surface area contributed by atoms with Crippen LogP contribution in [0.3, 0.4) is 0 Å². The molecule has 2 aromatic heterocycles. The third kappa shape index (κ3) is 2.57. The lowest BCUT2D eigenvalue weighted by Gasteiger charge is -1.90. The van der Waals surface area contributed by atoms with Gasteiger partial charge in [0.1, 0.15) is 11.3 Å². The number of aryl methyl sites for hydroxylation is 1. The first-order chi connectivity index (χ1) is 9.26. The molecule has 0 amide bonds. The molecule has 2 heterocycles. The summed E-state index contributed by atoms with van der Waals surface area (Å²) in [5.41, 5.74) is 7.94. The Hall–Kier alpha value is -1.60. The van der Waals surface area contributed by atoms with E-state index in [1.165, 1.54) is 11.5 Å². The molecule has 0 saturated carbocycles. The summed E-state index contributed by atoms with van der Waals surface area (Å²) in [5, 5.41) is 0. The largest absolute Gasteiger partial charge is 0.440 e. The van der Waals surface area contributed by atoms with Crippen LogP contribution in [-0.2, 0) is 12.2 Å². The Morgan fingerprint density at radius 2 is 2.26 bits per heavy atom. The van der Waals surface area contributed by atoms with Crippen LogP contribution in [0.5, 0.6) is 0 Å². The van der Waals surface area contributed by atoms with Crippen molar-refractivity contribution in [1.82, 2.24) is 14.3 Å². The van der Waals surface area contributed by atoms with Gasteiger partial charge >= 0.3 is 0 Å². The number of nitrogen functional groups attached to an aromatic ring is 1. The smallest absolute Gasteiger partial charge is 0.206 e. The number of nitrogens with two attached hydrogens (primary N) is 1. The zero-order chi connectivity index (χ0) is 13.2. The Balaban J connectivity index is 1.76. The summed E-state index contributed by atoms with van der Waals surface area (Å²) in [5.74, 6) is 2.17. The summed E-state index contributed by atoms with van der Waals surface area (Å²) in [6.45, 7) is 2.04. The van der Waals surface area contributed by atoms with Gasteiger partial charge in [-0.1, -0.05) is 24.8 Å². The van der Waals surface area contributed by atoms with Crippen LogP contribution >= 0.6 is 23.3 Å². The molecule has 0 unspecified atom stereocenters. The van der Waals surface area contributed by atoms with Gasteiger partial charge in [0.25, 0.3) is 0 Å². The molecule has 98 valence electrons. The number of rotatable bonds is 4. The molecule has 0 aliphatic rings. The van der Waals surface area contributed by atoms with Gasteiger partial charge < -0.3 is 10.2 Å². The minimum atomic E-state index is 0.631. The van der Waals surface area contributed by atoms with Crippen LogP contribution < -0.4 is 5.73 Å². The van der Waals surface area contributed by atoms with E-state index in [4.69, 9.17) is 10.2 Å². The number of fused-ring (bicyclic) bond motifs is 1. The SMILES string of the molecule is CCc1nsc(SCc2nc3c(N)cccc3o2)n1. The predicted molar refractivity (Wildman–Crippen MR) is 77.3 cm³/mol. The van der Waals surface area contributed by atoms with Crippen molar-refractivity contribution in [3.8, 4) is 0 Å². The fourth-order valence-electron chi connectivity index (χ4n) is 1.64. The van der Waals surface area contributed by atoms with Crippen molar-refractivity contribution >= 4 is 40.1 Å². The number of benzene rings is 1. The minimum Gasteiger partial charge on any atom is -0.440 e. The molecule has 3 rings (SSSR count). The monoisotopic (exact) mass is 292 g/mol. The zero-order valence-corrected chi connectivity index (χ0v) is 11.9. The van der Waals surface area contributed by atoms with Crippen LogP contribution in [0.15, 0.2) is 27.0 Å². The molecule has 0 aliphatic carbocycles. The lowest BCUT2D eigenvalue weighted by atomic mass is 10.3. The number of thioether (sulfide) groups is 1. The number of aromatic nitrogens is 3. The normalized spacial score (nSPS) is 11.2. The highest BCUT2D eigenvalue weighted by Crippen LogP contribution is 2.27. The highest BCUT2D eigenvalue weighted by atomic mass is 32.2. The first-order valence-corrected chi connectivity index (χ1v) is 7.61. The van der Waals surface area contributed by atoms with E-state index in [-0.39, 0.29) is 0 Å². The van der Waals surface area contributed by atoms with Crippen LogP contribution in [-0.4, -0.2) is 14.3 Å². The molecular formula is C12H12N4OS2. The van der Waals surface area contributed by atoms with Gasteiger partial charge in [0.15, 0.2) is 9.92 Å². The van der Waals surface area contributed by atoms with Crippen molar-refractivity contribution in [2.45, 2.75) is 23.4 Å². The van der Waals surface area contributed by atoms with Crippen LogP contribution in [0, 0.1) is 0 Å². The Kier molecular flexibility index (Phi) is 3.39. The molecule has 2 N–H and O–H groups in total. The Morgan fingerprint density at radius 1 is 1.37 bits per heavy atom. The van der Waals surface area contributed by atoms with Gasteiger partial charge in [-0.3, -0.25) is 0 Å². The first-order valence-electron chi connectivity index (χ1n) is 5.85. The van der Waals surface area contributed by atoms with Crippen LogP contribution in [0.2, 0.25) is 0 Å². The van der Waals surface area contributed by atoms with Crippen molar-refractivity contribution < 1.29 is 4.42 Å². The second-order valence-corrected chi connectivity index (χ2v) is 5.89. The van der Waals surface area contributed by atoms with E-state index >= 15 is 0 Å². The molecule has 5 nitrogen and oxygen atoms in total. The summed E-state index contributed by atoms with van der Waals surface area (Å²) in [7, 11) is 0. The van der Waals surface area contributed by atoms with Crippen molar-refractivity contribution in [3.05, 3.63) is 29.9 Å². The predicted octanol–water partition coefficient (Wildman–Crippen LogP) is 3.12. The van der Waals surface area contributed by atoms with Gasteiger partial charge in [0.2, 0.25) is 5.89 Å². The van der Waals surface area contributed by atoms with E-state index in [9.17, 15) is 0 Å². The molecule has 1 aromatic carbocycles. The first kappa shape index (κ1) is 12.4. The van der Waals surface area contributed by atoms with E-state index in [0.717, 1.165) is 27.7 Å². The second kappa shape index (κ2) is 5.18. The zero-order valence-electron chi connectivity index (χ0n) is 10.3. The van der Waals surface area contributed by atoms with Gasteiger partial charge in [-0.15, -0.1) is 0 Å². The highest BCUT2D eigenvalue weighted by molar-refractivity contribution is 8.00. The third-order valence-corrected chi connectivity index (χ3v) is 4.44. The van der Waals surface area contributed by atoms with Crippen LogP contribution in [0.1, 0.15) is 18.6 Å². The number of hydrogen-bond donors (Lipinski definition) is 1. The highest BCUT2D eigenvalue weighted by Gasteiger charge is 2.10. The second-order valence-electron chi connectivity index (χ2n) is 3.92. The average molecular weight is 292 g/mol. The maximum atomic E-state index is 5.85. The lowest BCUT2D eigenvalue weighted by Crippen LogP contribution is -1.86. The average Bonchev–Trinajstić information content (AvgIpc) is 3.03. The summed E-state index contributed by atoms with van der Waals surface area (Å²) >= 11 is 2.99. The molecular weight excluding hydrogens is 280 g/mol. The minimum absolute atomic E-state index is 0.631. The molecule has 0 bridgehead atoms.